The Morgan fingerprint density at radius 1 is 1.00 bits per heavy atom. The number of carbonyl (C=O) groups excluding carboxylic acids is 2. The minimum atomic E-state index is -4.93. The first-order valence-corrected chi connectivity index (χ1v) is 17.8. The summed E-state index contributed by atoms with van der Waals surface area (Å²) < 4.78 is 55.5. The van der Waals surface area contributed by atoms with Gasteiger partial charge in [-0.2, -0.15) is 8.42 Å². The number of aliphatic hydroxyl groups is 1. The highest BCUT2D eigenvalue weighted by Crippen LogP contribution is 2.39. The third-order valence-corrected chi connectivity index (χ3v) is 9.06. The molecule has 2 heterocycles. The van der Waals surface area contributed by atoms with Crippen LogP contribution >= 0.6 is 0 Å². The molecular formula is C36H54O10S. The fraction of sp³-hybridized carbons (Fsp3) is 0.611. The largest absolute Gasteiger partial charge is 0.459 e. The van der Waals surface area contributed by atoms with Crippen molar-refractivity contribution in [1.82, 2.24) is 0 Å². The maximum atomic E-state index is 13.5. The van der Waals surface area contributed by atoms with E-state index in [1.807, 2.05) is 45.1 Å². The van der Waals surface area contributed by atoms with E-state index in [1.165, 1.54) is 13.2 Å². The smallest absolute Gasteiger partial charge is 0.397 e. The number of ether oxygens (including phenoxy) is 3. The lowest BCUT2D eigenvalue weighted by atomic mass is 9.83. The van der Waals surface area contributed by atoms with Crippen LogP contribution in [0.5, 0.6) is 0 Å². The van der Waals surface area contributed by atoms with Crippen LogP contribution in [0.2, 0.25) is 0 Å². The lowest BCUT2D eigenvalue weighted by Gasteiger charge is -2.44. The van der Waals surface area contributed by atoms with Gasteiger partial charge in [-0.15, -0.1) is 0 Å². The van der Waals surface area contributed by atoms with Gasteiger partial charge >= 0.3 is 16.4 Å². The number of esters is 1. The van der Waals surface area contributed by atoms with E-state index in [2.05, 4.69) is 13.8 Å². The Kier molecular flexibility index (Phi) is 16.7. The molecule has 0 aromatic carbocycles. The molecule has 0 spiro atoms. The molecule has 2 aliphatic heterocycles. The normalized spacial score (nSPS) is 32.7. The molecule has 0 aromatic rings. The van der Waals surface area contributed by atoms with E-state index in [0.29, 0.717) is 38.0 Å². The summed E-state index contributed by atoms with van der Waals surface area (Å²) in [5.41, 5.74) is 0.905. The van der Waals surface area contributed by atoms with Crippen LogP contribution in [-0.4, -0.2) is 67.1 Å². The topological polar surface area (TPSA) is 146 Å². The second-order valence-corrected chi connectivity index (χ2v) is 14.0. The van der Waals surface area contributed by atoms with Crippen LogP contribution < -0.4 is 0 Å². The molecule has 10 nitrogen and oxygen atoms in total. The van der Waals surface area contributed by atoms with Gasteiger partial charge < -0.3 is 19.3 Å². The zero-order valence-corrected chi connectivity index (χ0v) is 29.6. The zero-order chi connectivity index (χ0) is 35.2. The van der Waals surface area contributed by atoms with E-state index in [9.17, 15) is 27.7 Å². The fourth-order valence-electron chi connectivity index (χ4n) is 5.80. The van der Waals surface area contributed by atoms with Crippen LogP contribution in [-0.2, 0) is 38.4 Å². The number of hydrogen-bond acceptors (Lipinski definition) is 9. The van der Waals surface area contributed by atoms with Gasteiger partial charge in [0.15, 0.2) is 11.6 Å². The maximum Gasteiger partial charge on any atom is 0.397 e. The third kappa shape index (κ3) is 13.8. The number of allylic oxidation sites excluding steroid dienone is 9. The van der Waals surface area contributed by atoms with Crippen molar-refractivity contribution in [3.63, 3.8) is 0 Å². The van der Waals surface area contributed by atoms with Crippen molar-refractivity contribution in [1.29, 1.82) is 0 Å². The minimum absolute atomic E-state index is 0.00360. The van der Waals surface area contributed by atoms with Crippen molar-refractivity contribution in [2.75, 3.05) is 7.11 Å². The average Bonchev–Trinajstić information content (AvgIpc) is 3.00. The molecule has 2 N–H and O–H groups in total. The zero-order valence-electron chi connectivity index (χ0n) is 28.8. The summed E-state index contributed by atoms with van der Waals surface area (Å²) in [5.74, 6) is -2.91. The number of methoxy groups -OCH3 is 1. The maximum absolute atomic E-state index is 13.5. The van der Waals surface area contributed by atoms with Gasteiger partial charge in [-0.25, -0.2) is 8.98 Å². The number of aliphatic hydroxyl groups excluding tert-OH is 1. The SMILES string of the molecule is CO[C@]12C=CC(C)=C[C@H](C)[C@H](CC(C)C)OC(=O)C=CC=CC=CC=CCCC[C@H](OS(=O)(=O)O)[C@@H](O)C(=O)[C@H](C)[C@H](CC[C@H]1C)O2. The van der Waals surface area contributed by atoms with Crippen LogP contribution in [0.3, 0.4) is 0 Å². The standard InChI is InChI=1S/C36H54O10S/c1-25(2)23-32-27(4)24-26(3)21-22-36(43-7)28(5)19-20-30(45-36)29(6)34(38)35(39)31(46-47(40,41)42)17-15-13-11-9-8-10-12-14-16-18-33(37)44-32/h8-12,14,16,18,21-22,24-25,27-32,35,39H,13,15,17,19-20,23H2,1-7H3,(H,40,41,42)/t27-,28+,29+,30-,31-,32-,35+,36-/m0/s1. The Morgan fingerprint density at radius 2 is 1.66 bits per heavy atom. The first-order chi connectivity index (χ1) is 22.1. The van der Waals surface area contributed by atoms with Gasteiger partial charge in [0.05, 0.1) is 6.10 Å². The van der Waals surface area contributed by atoms with Gasteiger partial charge in [0, 0.05) is 30.9 Å². The van der Waals surface area contributed by atoms with Crippen molar-refractivity contribution >= 4 is 22.2 Å². The number of fused-ring (bicyclic) bond motifs is 2. The summed E-state index contributed by atoms with van der Waals surface area (Å²) >= 11 is 0. The molecule has 0 unspecified atom stereocenters. The molecule has 264 valence electrons. The Morgan fingerprint density at radius 3 is 2.30 bits per heavy atom. The number of rotatable bonds is 5. The van der Waals surface area contributed by atoms with Gasteiger partial charge in [-0.05, 0) is 57.4 Å². The number of ketones is 1. The van der Waals surface area contributed by atoms with E-state index in [-0.39, 0.29) is 24.4 Å². The Labute approximate surface area is 281 Å². The molecule has 0 saturated carbocycles. The summed E-state index contributed by atoms with van der Waals surface area (Å²) in [4.78, 5) is 26.1. The first kappa shape index (κ1) is 40.5. The van der Waals surface area contributed by atoms with Crippen LogP contribution in [0, 0.1) is 23.7 Å². The van der Waals surface area contributed by atoms with Crippen LogP contribution in [0.15, 0.2) is 72.4 Å². The van der Waals surface area contributed by atoms with Gasteiger partial charge in [-0.3, -0.25) is 9.35 Å². The molecule has 1 saturated heterocycles. The average molecular weight is 679 g/mol. The van der Waals surface area contributed by atoms with E-state index >= 15 is 0 Å². The number of cyclic esters (lactones) is 1. The third-order valence-electron chi connectivity index (χ3n) is 8.57. The lowest BCUT2D eigenvalue weighted by molar-refractivity contribution is -0.270. The molecule has 11 heteroatoms. The van der Waals surface area contributed by atoms with Crippen molar-refractivity contribution < 1.29 is 46.1 Å². The Hall–Kier alpha value is -2.67. The molecule has 1 fully saturated rings. The highest BCUT2D eigenvalue weighted by Gasteiger charge is 2.45. The lowest BCUT2D eigenvalue weighted by Crippen LogP contribution is -2.51. The molecule has 47 heavy (non-hydrogen) atoms. The van der Waals surface area contributed by atoms with Gasteiger partial charge in [0.2, 0.25) is 0 Å². The minimum Gasteiger partial charge on any atom is -0.459 e. The van der Waals surface area contributed by atoms with E-state index in [1.54, 1.807) is 43.4 Å². The predicted octanol–water partition coefficient (Wildman–Crippen LogP) is 6.40. The van der Waals surface area contributed by atoms with Crippen molar-refractivity contribution in [2.24, 2.45) is 23.7 Å². The molecular weight excluding hydrogens is 624 g/mol. The summed E-state index contributed by atoms with van der Waals surface area (Å²) in [6.07, 6.45) is 17.9. The fourth-order valence-corrected chi connectivity index (χ4v) is 6.32. The Balaban J connectivity index is 2.45. The molecule has 0 amide bonds. The Bertz CT molecular complexity index is 1310. The van der Waals surface area contributed by atoms with Crippen LogP contribution in [0.1, 0.15) is 80.1 Å². The predicted molar refractivity (Wildman–Crippen MR) is 181 cm³/mol. The molecule has 2 bridgehead atoms. The summed E-state index contributed by atoms with van der Waals surface area (Å²) in [6.45, 7) is 11.7. The first-order valence-electron chi connectivity index (χ1n) is 16.4. The van der Waals surface area contributed by atoms with E-state index < -0.39 is 52.2 Å². The molecule has 8 atom stereocenters. The summed E-state index contributed by atoms with van der Waals surface area (Å²) in [5, 5.41) is 11.0. The van der Waals surface area contributed by atoms with E-state index in [0.717, 1.165) is 5.57 Å². The molecule has 0 radical (unpaired) electrons. The second kappa shape index (κ2) is 19.4. The second-order valence-electron chi connectivity index (χ2n) is 13.0. The number of Topliss-reactive ketones (excluding diaryl/α,β-unsaturated/α-hetero) is 1. The molecule has 2 rings (SSSR count). The van der Waals surface area contributed by atoms with Gasteiger partial charge in [-0.1, -0.05) is 94.9 Å². The quantitative estimate of drug-likeness (QED) is 0.247. The van der Waals surface area contributed by atoms with Crippen molar-refractivity contribution in [3.8, 4) is 0 Å². The summed E-state index contributed by atoms with van der Waals surface area (Å²) in [6, 6.07) is 0. The summed E-state index contributed by atoms with van der Waals surface area (Å²) in [7, 11) is -3.40. The van der Waals surface area contributed by atoms with Crippen molar-refractivity contribution in [3.05, 3.63) is 72.4 Å². The van der Waals surface area contributed by atoms with Crippen molar-refractivity contribution in [2.45, 2.75) is 110 Å². The van der Waals surface area contributed by atoms with Gasteiger partial charge in [0.25, 0.3) is 0 Å². The monoisotopic (exact) mass is 678 g/mol. The molecule has 0 aliphatic carbocycles. The molecule has 0 aromatic heterocycles. The van der Waals surface area contributed by atoms with Crippen LogP contribution in [0.4, 0.5) is 0 Å². The van der Waals surface area contributed by atoms with Gasteiger partial charge in [0.1, 0.15) is 18.3 Å². The van der Waals surface area contributed by atoms with E-state index in [4.69, 9.17) is 18.4 Å². The van der Waals surface area contributed by atoms with Crippen LogP contribution in [0.25, 0.3) is 0 Å². The highest BCUT2D eigenvalue weighted by molar-refractivity contribution is 7.80. The number of carbonyl (C=O) groups is 2. The molecule has 2 aliphatic rings. The number of hydrogen-bond donors (Lipinski definition) is 2. The highest BCUT2D eigenvalue weighted by atomic mass is 32.3.